The van der Waals surface area contributed by atoms with Gasteiger partial charge in [0.2, 0.25) is 0 Å². The lowest BCUT2D eigenvalue weighted by atomic mass is 10.0. The first kappa shape index (κ1) is 22.7. The van der Waals surface area contributed by atoms with E-state index in [1.807, 2.05) is 0 Å². The maximum absolute atomic E-state index is 12.9. The van der Waals surface area contributed by atoms with Crippen LogP contribution in [0.2, 0.25) is 0 Å². The van der Waals surface area contributed by atoms with Crippen LogP contribution in [-0.2, 0) is 19.3 Å². The lowest BCUT2D eigenvalue weighted by Gasteiger charge is -2.31. The summed E-state index contributed by atoms with van der Waals surface area (Å²) >= 11 is 5.32. The predicted molar refractivity (Wildman–Crippen MR) is 125 cm³/mol. The van der Waals surface area contributed by atoms with Crippen molar-refractivity contribution in [3.05, 3.63) is 87.6 Å². The lowest BCUT2D eigenvalue weighted by Crippen LogP contribution is -2.36. The number of nitrogens with zero attached hydrogens (tertiary/aromatic N) is 1. The molecule has 0 radical (unpaired) electrons. The third-order valence-electron chi connectivity index (χ3n) is 5.65. The van der Waals surface area contributed by atoms with Crippen molar-refractivity contribution in [1.29, 1.82) is 0 Å². The SMILES string of the molecule is O=c1cc(-c2ccc(O)cc2)oc2c3c(cc(O)c12)OC(=S)N(Cc1ccc(C(F)(F)F)cc1)C3. The number of benzene rings is 3. The number of phenolic OH excluding ortho intramolecular Hbond substituents is 2. The quantitative estimate of drug-likeness (QED) is 0.357. The Morgan fingerprint density at radius 1 is 1.00 bits per heavy atom. The highest BCUT2D eigenvalue weighted by Gasteiger charge is 2.31. The summed E-state index contributed by atoms with van der Waals surface area (Å²) < 4.78 is 50.3. The van der Waals surface area contributed by atoms with Gasteiger partial charge in [0.1, 0.15) is 28.4 Å². The fraction of sp³-hybridized carbons (Fsp3) is 0.120. The van der Waals surface area contributed by atoms with E-state index in [2.05, 4.69) is 0 Å². The zero-order chi connectivity index (χ0) is 24.9. The van der Waals surface area contributed by atoms with Crippen molar-refractivity contribution in [1.82, 2.24) is 4.90 Å². The molecule has 0 aliphatic carbocycles. The highest BCUT2D eigenvalue weighted by molar-refractivity contribution is 7.80. The van der Waals surface area contributed by atoms with Gasteiger partial charge >= 0.3 is 6.18 Å². The first-order valence-corrected chi connectivity index (χ1v) is 10.8. The zero-order valence-electron chi connectivity index (χ0n) is 17.8. The first-order valence-electron chi connectivity index (χ1n) is 10.3. The molecule has 6 nitrogen and oxygen atoms in total. The number of thiocarbonyl (C=S) groups is 1. The number of aromatic hydroxyl groups is 2. The van der Waals surface area contributed by atoms with Crippen LogP contribution in [0.3, 0.4) is 0 Å². The second-order valence-corrected chi connectivity index (χ2v) is 8.37. The average molecular weight is 499 g/mol. The number of alkyl halides is 3. The van der Waals surface area contributed by atoms with E-state index >= 15 is 0 Å². The Labute approximate surface area is 201 Å². The Morgan fingerprint density at radius 3 is 2.34 bits per heavy atom. The lowest BCUT2D eigenvalue weighted by molar-refractivity contribution is -0.137. The van der Waals surface area contributed by atoms with Crippen LogP contribution < -0.4 is 10.2 Å². The Kier molecular flexibility index (Phi) is 5.40. The van der Waals surface area contributed by atoms with Crippen LogP contribution in [0.1, 0.15) is 16.7 Å². The molecule has 0 saturated heterocycles. The van der Waals surface area contributed by atoms with E-state index in [0.717, 1.165) is 12.1 Å². The van der Waals surface area contributed by atoms with Crippen LogP contribution in [0.25, 0.3) is 22.3 Å². The van der Waals surface area contributed by atoms with E-state index in [1.165, 1.54) is 36.4 Å². The van der Waals surface area contributed by atoms with Gasteiger partial charge in [0.15, 0.2) is 11.0 Å². The summed E-state index contributed by atoms with van der Waals surface area (Å²) in [6.07, 6.45) is -4.44. The van der Waals surface area contributed by atoms with E-state index in [1.54, 1.807) is 17.0 Å². The minimum Gasteiger partial charge on any atom is -0.508 e. The predicted octanol–water partition coefficient (Wildman–Crippen LogP) is 5.57. The fourth-order valence-electron chi connectivity index (χ4n) is 3.91. The maximum atomic E-state index is 12.9. The van der Waals surface area contributed by atoms with Gasteiger partial charge in [0.25, 0.3) is 5.17 Å². The molecule has 178 valence electrons. The molecule has 35 heavy (non-hydrogen) atoms. The van der Waals surface area contributed by atoms with Gasteiger partial charge in [-0.1, -0.05) is 12.1 Å². The number of ether oxygens (including phenoxy) is 1. The van der Waals surface area contributed by atoms with Crippen molar-refractivity contribution in [3.8, 4) is 28.6 Å². The molecule has 0 spiro atoms. The number of phenols is 2. The van der Waals surface area contributed by atoms with Gasteiger partial charge in [0.05, 0.1) is 17.7 Å². The van der Waals surface area contributed by atoms with Crippen LogP contribution >= 0.6 is 12.2 Å². The number of hydrogen-bond donors (Lipinski definition) is 2. The van der Waals surface area contributed by atoms with Crippen LogP contribution in [-0.4, -0.2) is 20.3 Å². The zero-order valence-corrected chi connectivity index (χ0v) is 18.6. The molecular weight excluding hydrogens is 483 g/mol. The molecule has 0 bridgehead atoms. The van der Waals surface area contributed by atoms with E-state index in [0.29, 0.717) is 16.7 Å². The smallest absolute Gasteiger partial charge is 0.416 e. The van der Waals surface area contributed by atoms with Crippen molar-refractivity contribution in [2.75, 3.05) is 0 Å². The van der Waals surface area contributed by atoms with E-state index in [4.69, 9.17) is 21.4 Å². The minimum absolute atomic E-state index is 0.0304. The second-order valence-electron chi connectivity index (χ2n) is 8.02. The summed E-state index contributed by atoms with van der Waals surface area (Å²) in [5.74, 6) is 0.156. The highest BCUT2D eigenvalue weighted by Crippen LogP contribution is 2.39. The Morgan fingerprint density at radius 2 is 1.69 bits per heavy atom. The Hall–Kier alpha value is -4.05. The summed E-state index contributed by atoms with van der Waals surface area (Å²) in [5.41, 5.74) is 0.437. The van der Waals surface area contributed by atoms with Crippen molar-refractivity contribution in [2.45, 2.75) is 19.3 Å². The van der Waals surface area contributed by atoms with Gasteiger partial charge in [-0.25, -0.2) is 0 Å². The maximum Gasteiger partial charge on any atom is 0.416 e. The fourth-order valence-corrected chi connectivity index (χ4v) is 4.13. The Bertz CT molecular complexity index is 1510. The Balaban J connectivity index is 1.55. The molecular formula is C25H16F3NO5S. The molecule has 2 heterocycles. The van der Waals surface area contributed by atoms with Crippen molar-refractivity contribution < 1.29 is 32.5 Å². The molecule has 5 rings (SSSR count). The molecule has 0 fully saturated rings. The molecule has 0 saturated carbocycles. The second kappa shape index (κ2) is 8.31. The first-order chi connectivity index (χ1) is 16.6. The van der Waals surface area contributed by atoms with Crippen LogP contribution in [0.4, 0.5) is 13.2 Å². The minimum atomic E-state index is -4.44. The molecule has 1 aliphatic rings. The number of halogens is 3. The van der Waals surface area contributed by atoms with Gasteiger partial charge in [-0.05, 0) is 54.2 Å². The van der Waals surface area contributed by atoms with Crippen LogP contribution in [0, 0.1) is 0 Å². The van der Waals surface area contributed by atoms with E-state index in [9.17, 15) is 28.2 Å². The summed E-state index contributed by atoms with van der Waals surface area (Å²) in [6.45, 7) is 0.286. The topological polar surface area (TPSA) is 83.1 Å². The van der Waals surface area contributed by atoms with Gasteiger partial charge in [-0.2, -0.15) is 13.2 Å². The normalized spacial score (nSPS) is 13.6. The highest BCUT2D eigenvalue weighted by atomic mass is 32.1. The van der Waals surface area contributed by atoms with E-state index < -0.39 is 17.2 Å². The molecule has 3 aromatic carbocycles. The van der Waals surface area contributed by atoms with E-state index in [-0.39, 0.29) is 52.2 Å². The molecule has 10 heteroatoms. The van der Waals surface area contributed by atoms with Crippen molar-refractivity contribution in [2.24, 2.45) is 0 Å². The number of hydrogen-bond acceptors (Lipinski definition) is 6. The third kappa shape index (κ3) is 4.28. The summed E-state index contributed by atoms with van der Waals surface area (Å²) in [4.78, 5) is 14.5. The summed E-state index contributed by atoms with van der Waals surface area (Å²) in [6, 6.07) is 13.3. The monoisotopic (exact) mass is 499 g/mol. The third-order valence-corrected chi connectivity index (χ3v) is 6.00. The van der Waals surface area contributed by atoms with Gasteiger partial charge in [-0.3, -0.25) is 4.79 Å². The van der Waals surface area contributed by atoms with Crippen LogP contribution in [0.5, 0.6) is 17.2 Å². The van der Waals surface area contributed by atoms with Crippen LogP contribution in [0.15, 0.2) is 69.9 Å². The van der Waals surface area contributed by atoms with Gasteiger partial charge in [0, 0.05) is 24.2 Å². The molecule has 0 unspecified atom stereocenters. The summed E-state index contributed by atoms with van der Waals surface area (Å²) in [7, 11) is 0. The molecule has 2 N–H and O–H groups in total. The number of rotatable bonds is 3. The van der Waals surface area contributed by atoms with Gasteiger partial charge in [-0.15, -0.1) is 0 Å². The molecule has 4 aromatic rings. The molecule has 0 atom stereocenters. The molecule has 0 amide bonds. The van der Waals surface area contributed by atoms with Crippen molar-refractivity contribution in [3.63, 3.8) is 0 Å². The largest absolute Gasteiger partial charge is 0.508 e. The average Bonchev–Trinajstić information content (AvgIpc) is 2.80. The van der Waals surface area contributed by atoms with Crippen molar-refractivity contribution >= 4 is 28.4 Å². The number of fused-ring (bicyclic) bond motifs is 3. The standard InChI is InChI=1S/C25H16F3NO5S/c26-25(27,28)15-5-1-13(2-6-15)11-29-12-17-21(34-24(29)35)10-19(32)22-18(31)9-20(33-23(17)22)14-3-7-16(30)8-4-14/h1-10,30,32H,11-12H2. The van der Waals surface area contributed by atoms with Gasteiger partial charge < -0.3 is 24.3 Å². The molecule has 1 aromatic heterocycles. The molecule has 1 aliphatic heterocycles. The summed E-state index contributed by atoms with van der Waals surface area (Å²) in [5, 5.41) is 20.0.